The molecule has 0 bridgehead atoms. The fraction of sp³-hybridized carbons (Fsp3) is 0.182. The number of anilines is 2. The van der Waals surface area contributed by atoms with Crippen LogP contribution >= 0.6 is 46.1 Å². The molecule has 0 aliphatic carbocycles. The summed E-state index contributed by atoms with van der Waals surface area (Å²) in [7, 11) is 0. The molecule has 7 nitrogen and oxygen atoms in total. The fourth-order valence-electron chi connectivity index (χ4n) is 2.71. The van der Waals surface area contributed by atoms with Crippen LogP contribution in [0.4, 0.5) is 11.4 Å². The third kappa shape index (κ3) is 6.91. The van der Waals surface area contributed by atoms with Crippen LogP contribution in [0.5, 0.6) is 0 Å². The quantitative estimate of drug-likeness (QED) is 0.309. The first-order valence-corrected chi connectivity index (χ1v) is 11.6. The smallest absolute Gasteiger partial charge is 0.267 e. The van der Waals surface area contributed by atoms with Crippen molar-refractivity contribution < 1.29 is 24.5 Å². The third-order valence-corrected chi connectivity index (χ3v) is 6.42. The fourth-order valence-corrected chi connectivity index (χ4v) is 4.24. The molecule has 3 aromatic rings. The van der Waals surface area contributed by atoms with Gasteiger partial charge in [-0.15, -0.1) is 11.3 Å². The van der Waals surface area contributed by atoms with Gasteiger partial charge in [-0.25, -0.2) is 0 Å². The summed E-state index contributed by atoms with van der Waals surface area (Å²) in [6.45, 7) is -0.420. The molecule has 0 saturated heterocycles. The van der Waals surface area contributed by atoms with Crippen molar-refractivity contribution in [3.63, 3.8) is 0 Å². The van der Waals surface area contributed by atoms with Crippen LogP contribution in [0.3, 0.4) is 0 Å². The van der Waals surface area contributed by atoms with E-state index in [2.05, 4.69) is 10.6 Å². The van der Waals surface area contributed by atoms with E-state index in [1.807, 2.05) is 0 Å². The van der Waals surface area contributed by atoms with Crippen LogP contribution in [0.25, 0.3) is 0 Å². The van der Waals surface area contributed by atoms with Gasteiger partial charge in [-0.2, -0.15) is 0 Å². The average Bonchev–Trinajstić information content (AvgIpc) is 3.16. The number of ether oxygens (including phenoxy) is 1. The molecule has 1 atom stereocenters. The standard InChI is InChI=1S/C22H19Cl3N2O5S/c23-13-1-4-15(5-2-13)26-21(30)17-7-14(24)3-6-18(17)27-22(31)20-19(25)12(11-33-20)9-32-10-16(29)8-28/h1-7,11,16,28-29H,8-10H2,(H,26,30)(H,27,31). The van der Waals surface area contributed by atoms with E-state index in [4.69, 9.17) is 44.6 Å². The van der Waals surface area contributed by atoms with Crippen LogP contribution in [0, 0.1) is 0 Å². The Kier molecular flexibility index (Phi) is 9.10. The van der Waals surface area contributed by atoms with Crippen molar-refractivity contribution in [2.75, 3.05) is 23.8 Å². The van der Waals surface area contributed by atoms with Gasteiger partial charge < -0.3 is 25.6 Å². The Labute approximate surface area is 208 Å². The van der Waals surface area contributed by atoms with E-state index in [0.717, 1.165) is 11.3 Å². The highest BCUT2D eigenvalue weighted by molar-refractivity contribution is 7.13. The van der Waals surface area contributed by atoms with Crippen molar-refractivity contribution in [2.24, 2.45) is 0 Å². The molecule has 2 amide bonds. The number of benzene rings is 2. The average molecular weight is 530 g/mol. The van der Waals surface area contributed by atoms with Crippen LogP contribution in [-0.2, 0) is 11.3 Å². The van der Waals surface area contributed by atoms with Crippen molar-refractivity contribution in [1.29, 1.82) is 0 Å². The van der Waals surface area contributed by atoms with Crippen LogP contribution in [0.1, 0.15) is 25.6 Å². The van der Waals surface area contributed by atoms with Gasteiger partial charge in [-0.3, -0.25) is 9.59 Å². The second-order valence-electron chi connectivity index (χ2n) is 6.86. The summed E-state index contributed by atoms with van der Waals surface area (Å²) in [6.07, 6.45) is -0.993. The second-order valence-corrected chi connectivity index (χ2v) is 8.99. The number of rotatable bonds is 9. The molecule has 4 N–H and O–H groups in total. The van der Waals surface area contributed by atoms with Gasteiger partial charge in [0.15, 0.2) is 0 Å². The van der Waals surface area contributed by atoms with Crippen molar-refractivity contribution in [1.82, 2.24) is 0 Å². The lowest BCUT2D eigenvalue weighted by Crippen LogP contribution is -2.19. The van der Waals surface area contributed by atoms with Crippen LogP contribution < -0.4 is 10.6 Å². The Morgan fingerprint density at radius 1 is 1.00 bits per heavy atom. The van der Waals surface area contributed by atoms with Gasteiger partial charge >= 0.3 is 0 Å². The molecule has 1 heterocycles. The monoisotopic (exact) mass is 528 g/mol. The highest BCUT2D eigenvalue weighted by Crippen LogP contribution is 2.30. The van der Waals surface area contributed by atoms with Gasteiger partial charge in [0.2, 0.25) is 0 Å². The number of nitrogens with one attached hydrogen (secondary N) is 2. The minimum atomic E-state index is -0.993. The first-order valence-electron chi connectivity index (χ1n) is 9.58. The summed E-state index contributed by atoms with van der Waals surface area (Å²) in [5.41, 5.74) is 1.51. The summed E-state index contributed by atoms with van der Waals surface area (Å²) in [4.78, 5) is 25.9. The maximum Gasteiger partial charge on any atom is 0.267 e. The minimum Gasteiger partial charge on any atom is -0.394 e. The third-order valence-electron chi connectivity index (χ3n) is 4.36. The van der Waals surface area contributed by atoms with Crippen molar-refractivity contribution in [3.05, 3.63) is 78.9 Å². The van der Waals surface area contributed by atoms with Crippen molar-refractivity contribution in [2.45, 2.75) is 12.7 Å². The Morgan fingerprint density at radius 2 is 1.70 bits per heavy atom. The number of aliphatic hydroxyl groups is 2. The normalized spacial score (nSPS) is 11.8. The molecule has 1 unspecified atom stereocenters. The molecule has 0 aliphatic heterocycles. The summed E-state index contributed by atoms with van der Waals surface area (Å²) >= 11 is 19.4. The number of carbonyl (C=O) groups is 2. The number of thiophene rings is 1. The van der Waals surface area contributed by atoms with E-state index >= 15 is 0 Å². The highest BCUT2D eigenvalue weighted by atomic mass is 35.5. The minimum absolute atomic E-state index is 0.0648. The van der Waals surface area contributed by atoms with Crippen LogP contribution in [0.15, 0.2) is 47.8 Å². The molecule has 0 spiro atoms. The summed E-state index contributed by atoms with van der Waals surface area (Å²) < 4.78 is 5.30. The molecule has 11 heteroatoms. The SMILES string of the molecule is O=C(Nc1ccc(Cl)cc1)c1cc(Cl)ccc1NC(=O)c1scc(COCC(O)CO)c1Cl. The maximum atomic E-state index is 12.9. The number of hydrogen-bond donors (Lipinski definition) is 4. The second kappa shape index (κ2) is 11.8. The number of carbonyl (C=O) groups excluding carboxylic acids is 2. The summed E-state index contributed by atoms with van der Waals surface area (Å²) in [6, 6.07) is 11.1. The highest BCUT2D eigenvalue weighted by Gasteiger charge is 2.20. The summed E-state index contributed by atoms with van der Waals surface area (Å²) in [5.74, 6) is -0.974. The Balaban J connectivity index is 1.73. The van der Waals surface area contributed by atoms with Crippen LogP contribution in [0.2, 0.25) is 15.1 Å². The zero-order valence-electron chi connectivity index (χ0n) is 17.0. The molecule has 0 fully saturated rings. The molecule has 174 valence electrons. The van der Waals surface area contributed by atoms with Gasteiger partial charge in [0.25, 0.3) is 11.8 Å². The van der Waals surface area contributed by atoms with Gasteiger partial charge in [-0.1, -0.05) is 34.8 Å². The topological polar surface area (TPSA) is 108 Å². The Hall–Kier alpha value is -2.17. The van der Waals surface area contributed by atoms with E-state index in [0.29, 0.717) is 21.3 Å². The molecule has 0 saturated carbocycles. The van der Waals surface area contributed by atoms with Crippen molar-refractivity contribution in [3.8, 4) is 0 Å². The van der Waals surface area contributed by atoms with E-state index in [1.54, 1.807) is 35.7 Å². The molecule has 1 aromatic heterocycles. The van der Waals surface area contributed by atoms with Gasteiger partial charge in [-0.05, 0) is 47.8 Å². The van der Waals surface area contributed by atoms with E-state index in [9.17, 15) is 14.7 Å². The van der Waals surface area contributed by atoms with Gasteiger partial charge in [0, 0.05) is 21.3 Å². The zero-order chi connectivity index (χ0) is 24.0. The number of amides is 2. The predicted molar refractivity (Wildman–Crippen MR) is 131 cm³/mol. The van der Waals surface area contributed by atoms with E-state index in [1.165, 1.54) is 12.1 Å². The lowest BCUT2D eigenvalue weighted by Gasteiger charge is -2.12. The number of hydrogen-bond acceptors (Lipinski definition) is 6. The van der Waals surface area contributed by atoms with E-state index < -0.39 is 24.5 Å². The largest absolute Gasteiger partial charge is 0.394 e. The molecular weight excluding hydrogens is 511 g/mol. The van der Waals surface area contributed by atoms with Gasteiger partial charge in [0.05, 0.1) is 36.1 Å². The lowest BCUT2D eigenvalue weighted by molar-refractivity contribution is 0.000120. The molecule has 33 heavy (non-hydrogen) atoms. The van der Waals surface area contributed by atoms with Gasteiger partial charge in [0.1, 0.15) is 11.0 Å². The maximum absolute atomic E-state index is 12.9. The molecular formula is C22H19Cl3N2O5S. The predicted octanol–water partition coefficient (Wildman–Crippen LogP) is 5.08. The molecule has 0 aliphatic rings. The van der Waals surface area contributed by atoms with Crippen molar-refractivity contribution >= 4 is 69.3 Å². The Bertz CT molecular complexity index is 1140. The number of aliphatic hydroxyl groups excluding tert-OH is 2. The molecule has 2 aromatic carbocycles. The first-order chi connectivity index (χ1) is 15.8. The van der Waals surface area contributed by atoms with Crippen LogP contribution in [-0.4, -0.2) is 41.3 Å². The lowest BCUT2D eigenvalue weighted by atomic mass is 10.1. The molecule has 0 radical (unpaired) electrons. The summed E-state index contributed by atoms with van der Waals surface area (Å²) in [5, 5.41) is 26.3. The first kappa shape index (κ1) is 25.5. The Morgan fingerprint density at radius 3 is 2.39 bits per heavy atom. The molecule has 3 rings (SSSR count). The zero-order valence-corrected chi connectivity index (χ0v) is 20.1. The number of halogens is 3. The van der Waals surface area contributed by atoms with E-state index in [-0.39, 0.29) is 34.4 Å².